The first-order valence-electron chi connectivity index (χ1n) is 7.79. The number of rotatable bonds is 1. The van der Waals surface area contributed by atoms with Crippen molar-refractivity contribution >= 4 is 11.1 Å². The highest BCUT2D eigenvalue weighted by Gasteiger charge is 2.27. The number of hydrogen-bond acceptors (Lipinski definition) is 7. The zero-order valence-electron chi connectivity index (χ0n) is 14.9. The maximum Gasteiger partial charge on any atom is 0.178 e. The number of nitrogens with zero attached hydrogens (tertiary/aromatic N) is 7. The van der Waals surface area contributed by atoms with E-state index in [0.29, 0.717) is 0 Å². The molecule has 142 valence electrons. The molecule has 0 atom stereocenters. The van der Waals surface area contributed by atoms with E-state index in [1.807, 2.05) is 0 Å². The third-order valence-electron chi connectivity index (χ3n) is 4.05. The Morgan fingerprint density at radius 1 is 0.613 bits per heavy atom. The van der Waals surface area contributed by atoms with E-state index in [4.69, 9.17) is 21.0 Å². The molecule has 0 fully saturated rings. The average molecular weight is 409 g/mol. The van der Waals surface area contributed by atoms with Crippen LogP contribution in [0.5, 0.6) is 0 Å². The Bertz CT molecular complexity index is 1530. The summed E-state index contributed by atoms with van der Waals surface area (Å²) in [6.45, 7) is 0. The highest BCUT2D eigenvalue weighted by molar-refractivity contribution is 5.80. The summed E-state index contributed by atoms with van der Waals surface area (Å²) in [5.74, 6) is -5.46. The van der Waals surface area contributed by atoms with Gasteiger partial charge in [0.15, 0.2) is 17.5 Å². The van der Waals surface area contributed by atoms with Crippen LogP contribution in [-0.4, -0.2) is 0 Å². The molecule has 7 nitrogen and oxygen atoms in total. The number of halogens is 3. The van der Waals surface area contributed by atoms with Crippen LogP contribution < -0.4 is 10.4 Å². The van der Waals surface area contributed by atoms with Crippen molar-refractivity contribution in [2.75, 3.05) is 0 Å². The second kappa shape index (κ2) is 8.61. The molecule has 2 aromatic carbocycles. The summed E-state index contributed by atoms with van der Waals surface area (Å²) in [6.07, 6.45) is 0. The van der Waals surface area contributed by atoms with Crippen LogP contribution in [0.2, 0.25) is 0 Å². The minimum atomic E-state index is -1.92. The smallest absolute Gasteiger partial charge is 0.178 e. The molecule has 0 aliphatic heterocycles. The van der Waals surface area contributed by atoms with Crippen molar-refractivity contribution in [3.63, 3.8) is 0 Å². The predicted molar refractivity (Wildman–Crippen MR) is 93.6 cm³/mol. The first kappa shape index (κ1) is 21.7. The van der Waals surface area contributed by atoms with E-state index in [-0.39, 0.29) is 5.22 Å². The lowest BCUT2D eigenvalue weighted by atomic mass is 9.94. The van der Waals surface area contributed by atoms with Gasteiger partial charge in [0.1, 0.15) is 47.0 Å². The fraction of sp³-hybridized carbons (Fsp3) is 0. The van der Waals surface area contributed by atoms with Gasteiger partial charge in [-0.15, -0.1) is 0 Å². The van der Waals surface area contributed by atoms with Crippen molar-refractivity contribution in [1.82, 2.24) is 0 Å². The normalized spacial score (nSPS) is 8.90. The number of benzene rings is 2. The molecule has 0 aliphatic carbocycles. The van der Waals surface area contributed by atoms with Crippen LogP contribution in [0.3, 0.4) is 0 Å². The average Bonchev–Trinajstić information content (AvgIpc) is 2.79. The number of hydrogen-bond donors (Lipinski definition) is 0. The van der Waals surface area contributed by atoms with E-state index in [1.165, 1.54) is 30.3 Å². The maximum atomic E-state index is 14.8. The summed E-state index contributed by atoms with van der Waals surface area (Å²) in [5, 5.41) is 63.5. The largest absolute Gasteiger partial charge is 0.205 e. The minimum Gasteiger partial charge on any atom is -0.205 e. The van der Waals surface area contributed by atoms with Crippen molar-refractivity contribution in [2.45, 2.75) is 0 Å². The minimum absolute atomic E-state index is 0.347. The lowest BCUT2D eigenvalue weighted by Gasteiger charge is -2.09. The van der Waals surface area contributed by atoms with Gasteiger partial charge in [-0.05, 0) is 17.4 Å². The van der Waals surface area contributed by atoms with Gasteiger partial charge in [0.25, 0.3) is 0 Å². The Kier molecular flexibility index (Phi) is 6.02. The van der Waals surface area contributed by atoms with E-state index in [0.717, 1.165) is 12.1 Å². The van der Waals surface area contributed by atoms with E-state index < -0.39 is 61.6 Å². The summed E-state index contributed by atoms with van der Waals surface area (Å²) in [7, 11) is 0. The SMILES string of the molecule is N#CC(c1c(F)c(F)c(C#N)c(C#N)c1F)=c1cc(C#N)c(=C(C#N)C#N)c(C#N)c1. The lowest BCUT2D eigenvalue weighted by Crippen LogP contribution is -2.22. The fourth-order valence-electron chi connectivity index (χ4n) is 2.72. The molecule has 2 aromatic rings. The molecule has 0 bridgehead atoms. The van der Waals surface area contributed by atoms with Gasteiger partial charge in [0.05, 0.1) is 34.4 Å². The Labute approximate surface area is 172 Å². The fourth-order valence-corrected chi connectivity index (χ4v) is 2.72. The van der Waals surface area contributed by atoms with E-state index in [2.05, 4.69) is 0 Å². The molecule has 0 radical (unpaired) electrons. The topological polar surface area (TPSA) is 167 Å². The second-order valence-corrected chi connectivity index (χ2v) is 5.55. The van der Waals surface area contributed by atoms with Gasteiger partial charge in [-0.1, -0.05) is 0 Å². The Morgan fingerprint density at radius 3 is 1.48 bits per heavy atom. The summed E-state index contributed by atoms with van der Waals surface area (Å²) in [6, 6.07) is 11.8. The first-order chi connectivity index (χ1) is 14.8. The predicted octanol–water partition coefficient (Wildman–Crippen LogP) is 1.51. The molecular weight excluding hydrogens is 407 g/mol. The summed E-state index contributed by atoms with van der Waals surface area (Å²) >= 11 is 0. The van der Waals surface area contributed by atoms with Crippen LogP contribution in [0.25, 0.3) is 11.1 Å². The van der Waals surface area contributed by atoms with Gasteiger partial charge in [-0.2, -0.15) is 36.8 Å². The van der Waals surface area contributed by atoms with Crippen LogP contribution in [0.1, 0.15) is 27.8 Å². The maximum absolute atomic E-state index is 14.8. The van der Waals surface area contributed by atoms with Gasteiger partial charge in [-0.3, -0.25) is 0 Å². The molecule has 0 saturated heterocycles. The lowest BCUT2D eigenvalue weighted by molar-refractivity contribution is 0.488. The second-order valence-electron chi connectivity index (χ2n) is 5.55. The zero-order valence-corrected chi connectivity index (χ0v) is 14.9. The van der Waals surface area contributed by atoms with Crippen LogP contribution in [0.15, 0.2) is 12.1 Å². The highest BCUT2D eigenvalue weighted by atomic mass is 19.2. The number of nitriles is 7. The Morgan fingerprint density at radius 2 is 1.10 bits per heavy atom. The van der Waals surface area contributed by atoms with E-state index >= 15 is 0 Å². The summed E-state index contributed by atoms with van der Waals surface area (Å²) in [5.41, 5.74) is -5.94. The van der Waals surface area contributed by atoms with Gasteiger partial charge in [0, 0.05) is 5.22 Å². The van der Waals surface area contributed by atoms with Crippen molar-refractivity contribution < 1.29 is 13.2 Å². The molecule has 31 heavy (non-hydrogen) atoms. The van der Waals surface area contributed by atoms with Crippen molar-refractivity contribution in [1.29, 1.82) is 36.8 Å². The van der Waals surface area contributed by atoms with Crippen LogP contribution in [0, 0.1) is 96.8 Å². The molecular formula is C21H2F3N7. The molecule has 0 N–H and O–H groups in total. The molecule has 0 aliphatic rings. The molecule has 2 rings (SSSR count). The van der Waals surface area contributed by atoms with Gasteiger partial charge in [0.2, 0.25) is 0 Å². The van der Waals surface area contributed by atoms with Crippen molar-refractivity contribution in [3.8, 4) is 42.5 Å². The first-order valence-corrected chi connectivity index (χ1v) is 7.79. The summed E-state index contributed by atoms with van der Waals surface area (Å²) in [4.78, 5) is 0. The van der Waals surface area contributed by atoms with E-state index in [9.17, 15) is 29.0 Å². The molecule has 0 heterocycles. The Hall–Kier alpha value is -5.60. The van der Waals surface area contributed by atoms with Gasteiger partial charge in [-0.25, -0.2) is 13.2 Å². The van der Waals surface area contributed by atoms with Crippen LogP contribution in [0.4, 0.5) is 13.2 Å². The third-order valence-corrected chi connectivity index (χ3v) is 4.05. The molecule has 0 amide bonds. The third kappa shape index (κ3) is 3.36. The van der Waals surface area contributed by atoms with Crippen LogP contribution in [-0.2, 0) is 0 Å². The molecule has 0 unspecified atom stereocenters. The molecule has 0 spiro atoms. The molecule has 10 heteroatoms. The zero-order chi connectivity index (χ0) is 23.3. The molecule has 0 aromatic heterocycles. The van der Waals surface area contributed by atoms with Crippen molar-refractivity contribution in [2.24, 2.45) is 0 Å². The highest BCUT2D eigenvalue weighted by Crippen LogP contribution is 2.28. The van der Waals surface area contributed by atoms with Gasteiger partial charge >= 0.3 is 0 Å². The quantitative estimate of drug-likeness (QED) is 0.643. The monoisotopic (exact) mass is 409 g/mol. The van der Waals surface area contributed by atoms with Crippen molar-refractivity contribution in [3.05, 3.63) is 67.8 Å². The Balaban J connectivity index is 3.27. The molecule has 0 saturated carbocycles. The summed E-state index contributed by atoms with van der Waals surface area (Å²) < 4.78 is 43.6. The standard InChI is InChI=1S/C21H2F3N7/c22-19-15(8-30)16(9-31)20(23)21(24)18(19)14(7-29)10-1-11(3-25)17(12(2-10)4-26)13(5-27)6-28/h1-2H. The van der Waals surface area contributed by atoms with Crippen LogP contribution >= 0.6 is 0 Å². The van der Waals surface area contributed by atoms with E-state index in [1.54, 1.807) is 12.1 Å². The van der Waals surface area contributed by atoms with Gasteiger partial charge < -0.3 is 0 Å².